The SMILES string of the molecule is Cc1sc(C(=O)O)cc1S(=O)(=O)NC1CCCC(C)(C)C1. The smallest absolute Gasteiger partial charge is 0.345 e. The zero-order valence-corrected chi connectivity index (χ0v) is 14.1. The van der Waals surface area contributed by atoms with Crippen molar-refractivity contribution in [1.29, 1.82) is 0 Å². The van der Waals surface area contributed by atoms with Gasteiger partial charge in [0.15, 0.2) is 0 Å². The summed E-state index contributed by atoms with van der Waals surface area (Å²) in [7, 11) is -3.66. The summed E-state index contributed by atoms with van der Waals surface area (Å²) in [6, 6.07) is 1.17. The molecule has 2 rings (SSSR count). The molecule has 118 valence electrons. The van der Waals surface area contributed by atoms with Gasteiger partial charge in [-0.2, -0.15) is 0 Å². The topological polar surface area (TPSA) is 83.5 Å². The van der Waals surface area contributed by atoms with Gasteiger partial charge >= 0.3 is 5.97 Å². The summed E-state index contributed by atoms with van der Waals surface area (Å²) >= 11 is 0.992. The van der Waals surface area contributed by atoms with Gasteiger partial charge in [0, 0.05) is 10.9 Å². The molecule has 5 nitrogen and oxygen atoms in total. The molecule has 0 aromatic carbocycles. The number of thiophene rings is 1. The highest BCUT2D eigenvalue weighted by atomic mass is 32.2. The fourth-order valence-corrected chi connectivity index (χ4v) is 5.62. The highest BCUT2D eigenvalue weighted by molar-refractivity contribution is 7.89. The number of hydrogen-bond donors (Lipinski definition) is 2. The number of sulfonamides is 1. The normalized spacial score (nSPS) is 22.1. The predicted molar refractivity (Wildman–Crippen MR) is 82.4 cm³/mol. The molecule has 2 N–H and O–H groups in total. The van der Waals surface area contributed by atoms with Gasteiger partial charge in [0.2, 0.25) is 10.0 Å². The van der Waals surface area contributed by atoms with Gasteiger partial charge in [-0.15, -0.1) is 11.3 Å². The molecule has 1 unspecified atom stereocenters. The Hall–Kier alpha value is -0.920. The Labute approximate surface area is 129 Å². The van der Waals surface area contributed by atoms with E-state index in [9.17, 15) is 13.2 Å². The van der Waals surface area contributed by atoms with Crippen LogP contribution in [0.3, 0.4) is 0 Å². The summed E-state index contributed by atoms with van der Waals surface area (Å²) in [4.78, 5) is 11.6. The minimum Gasteiger partial charge on any atom is -0.477 e. The van der Waals surface area contributed by atoms with Crippen molar-refractivity contribution in [3.8, 4) is 0 Å². The van der Waals surface area contributed by atoms with Gasteiger partial charge in [-0.3, -0.25) is 0 Å². The first-order valence-corrected chi connectivity index (χ1v) is 9.27. The second kappa shape index (κ2) is 5.70. The molecule has 1 aromatic heterocycles. The minimum absolute atomic E-state index is 0.0526. The summed E-state index contributed by atoms with van der Waals surface area (Å²) in [5, 5.41) is 8.97. The van der Waals surface area contributed by atoms with E-state index in [1.165, 1.54) is 6.07 Å². The maximum absolute atomic E-state index is 12.5. The van der Waals surface area contributed by atoms with Gasteiger partial charge in [-0.1, -0.05) is 20.3 Å². The molecule has 1 fully saturated rings. The number of carboxylic acids is 1. The summed E-state index contributed by atoms with van der Waals surface area (Å²) in [6.45, 7) is 5.92. The molecule has 21 heavy (non-hydrogen) atoms. The van der Waals surface area contributed by atoms with E-state index < -0.39 is 16.0 Å². The fourth-order valence-electron chi connectivity index (χ4n) is 2.92. The number of rotatable bonds is 4. The van der Waals surface area contributed by atoms with Gasteiger partial charge in [0.1, 0.15) is 4.88 Å². The van der Waals surface area contributed by atoms with Crippen LogP contribution in [-0.4, -0.2) is 25.5 Å². The summed E-state index contributed by atoms with van der Waals surface area (Å²) in [5.41, 5.74) is 0.140. The van der Waals surface area contributed by atoms with Gasteiger partial charge < -0.3 is 5.11 Å². The Balaban J connectivity index is 2.20. The molecule has 0 amide bonds. The van der Waals surface area contributed by atoms with Crippen LogP contribution < -0.4 is 4.72 Å². The zero-order valence-electron chi connectivity index (χ0n) is 12.5. The molecule has 1 atom stereocenters. The van der Waals surface area contributed by atoms with Crippen molar-refractivity contribution in [2.45, 2.75) is 57.4 Å². The van der Waals surface area contributed by atoms with Crippen LogP contribution in [0.4, 0.5) is 0 Å². The van der Waals surface area contributed by atoms with Crippen LogP contribution >= 0.6 is 11.3 Å². The maximum atomic E-state index is 12.5. The Morgan fingerprint density at radius 1 is 1.48 bits per heavy atom. The third-order valence-corrected chi connectivity index (χ3v) is 6.71. The monoisotopic (exact) mass is 331 g/mol. The standard InChI is InChI=1S/C14H21NO4S2/c1-9-12(7-11(20-9)13(16)17)21(18,19)15-10-5-4-6-14(2,3)8-10/h7,10,15H,4-6,8H2,1-3H3,(H,16,17). The van der Waals surface area contributed by atoms with Crippen LogP contribution in [0.5, 0.6) is 0 Å². The van der Waals surface area contributed by atoms with Crippen LogP contribution in [0.2, 0.25) is 0 Å². The third-order valence-electron chi connectivity index (χ3n) is 3.90. The average molecular weight is 331 g/mol. The van der Waals surface area contributed by atoms with Gasteiger partial charge in [-0.25, -0.2) is 17.9 Å². The van der Waals surface area contributed by atoms with Gasteiger partial charge in [0.05, 0.1) is 4.90 Å². The lowest BCUT2D eigenvalue weighted by atomic mass is 9.75. The van der Waals surface area contributed by atoms with E-state index in [2.05, 4.69) is 18.6 Å². The fraction of sp³-hybridized carbons (Fsp3) is 0.643. The summed E-state index contributed by atoms with van der Waals surface area (Å²) < 4.78 is 27.7. The largest absolute Gasteiger partial charge is 0.477 e. The van der Waals surface area contributed by atoms with E-state index in [4.69, 9.17) is 5.11 Å². The lowest BCUT2D eigenvalue weighted by Crippen LogP contribution is -2.40. The predicted octanol–water partition coefficient (Wildman–Crippen LogP) is 3.00. The second-order valence-corrected chi connectivity index (χ2v) is 9.35. The number of hydrogen-bond acceptors (Lipinski definition) is 4. The van der Waals surface area contributed by atoms with Crippen LogP contribution in [0, 0.1) is 12.3 Å². The van der Waals surface area contributed by atoms with E-state index >= 15 is 0 Å². The molecule has 0 aliphatic heterocycles. The molecule has 1 aromatic rings. The van der Waals surface area contributed by atoms with E-state index in [-0.39, 0.29) is 21.2 Å². The van der Waals surface area contributed by atoms with E-state index in [0.29, 0.717) is 4.88 Å². The summed E-state index contributed by atoms with van der Waals surface area (Å²) in [6.07, 6.45) is 3.74. The first-order chi connectivity index (χ1) is 9.61. The number of aromatic carboxylic acids is 1. The first-order valence-electron chi connectivity index (χ1n) is 6.97. The Kier molecular flexibility index (Phi) is 4.46. The lowest BCUT2D eigenvalue weighted by Gasteiger charge is -2.35. The highest BCUT2D eigenvalue weighted by Gasteiger charge is 2.32. The van der Waals surface area contributed by atoms with Crippen LogP contribution in [0.1, 0.15) is 54.1 Å². The maximum Gasteiger partial charge on any atom is 0.345 e. The molecular weight excluding hydrogens is 310 g/mol. The number of carboxylic acid groups (broad SMARTS) is 1. The lowest BCUT2D eigenvalue weighted by molar-refractivity contribution is 0.0702. The molecule has 1 saturated carbocycles. The van der Waals surface area contributed by atoms with Crippen molar-refractivity contribution in [3.05, 3.63) is 15.8 Å². The van der Waals surface area contributed by atoms with Crippen LogP contribution in [-0.2, 0) is 10.0 Å². The number of nitrogens with one attached hydrogen (secondary N) is 1. The molecular formula is C14H21NO4S2. The van der Waals surface area contributed by atoms with E-state index in [1.54, 1.807) is 6.92 Å². The van der Waals surface area contributed by atoms with Crippen molar-refractivity contribution >= 4 is 27.3 Å². The van der Waals surface area contributed by atoms with Crippen molar-refractivity contribution in [2.24, 2.45) is 5.41 Å². The first kappa shape index (κ1) is 16.5. The van der Waals surface area contributed by atoms with Gasteiger partial charge in [0.25, 0.3) is 0 Å². The molecule has 1 aliphatic carbocycles. The Morgan fingerprint density at radius 2 is 2.14 bits per heavy atom. The van der Waals surface area contributed by atoms with Crippen molar-refractivity contribution in [2.75, 3.05) is 0 Å². The highest BCUT2D eigenvalue weighted by Crippen LogP contribution is 2.36. The van der Waals surface area contributed by atoms with Crippen LogP contribution in [0.15, 0.2) is 11.0 Å². The Bertz CT molecular complexity index is 646. The van der Waals surface area contributed by atoms with Crippen molar-refractivity contribution in [3.63, 3.8) is 0 Å². The zero-order chi connectivity index (χ0) is 15.8. The molecule has 0 spiro atoms. The second-order valence-electron chi connectivity index (χ2n) is 6.42. The third kappa shape index (κ3) is 3.84. The molecule has 0 bridgehead atoms. The minimum atomic E-state index is -3.66. The number of carbonyl (C=O) groups is 1. The number of aryl methyl sites for hydroxylation is 1. The quantitative estimate of drug-likeness (QED) is 0.888. The Morgan fingerprint density at radius 3 is 2.67 bits per heavy atom. The molecule has 0 radical (unpaired) electrons. The molecule has 1 aliphatic rings. The molecule has 7 heteroatoms. The van der Waals surface area contributed by atoms with Crippen molar-refractivity contribution in [1.82, 2.24) is 4.72 Å². The van der Waals surface area contributed by atoms with Crippen molar-refractivity contribution < 1.29 is 18.3 Å². The van der Waals surface area contributed by atoms with Gasteiger partial charge in [-0.05, 0) is 37.7 Å². The molecule has 1 heterocycles. The van der Waals surface area contributed by atoms with E-state index in [1.807, 2.05) is 0 Å². The van der Waals surface area contributed by atoms with Crippen LogP contribution in [0.25, 0.3) is 0 Å². The molecule has 0 saturated heterocycles. The van der Waals surface area contributed by atoms with E-state index in [0.717, 1.165) is 37.0 Å². The average Bonchev–Trinajstić information content (AvgIpc) is 2.70. The summed E-state index contributed by atoms with van der Waals surface area (Å²) in [5.74, 6) is -1.09.